The molecule has 0 fully saturated rings. The van der Waals surface area contributed by atoms with E-state index in [2.05, 4.69) is 10.4 Å². The minimum absolute atomic E-state index is 0.255. The molecule has 8 heteroatoms. The zero-order valence-corrected chi connectivity index (χ0v) is 20.4. The highest BCUT2D eigenvalue weighted by Crippen LogP contribution is 2.27. The topological polar surface area (TPSA) is 65.4 Å². The quantitative estimate of drug-likeness (QED) is 0.318. The van der Waals surface area contributed by atoms with Crippen LogP contribution in [0.4, 0.5) is 10.1 Å². The molecule has 3 aromatic carbocycles. The zero-order chi connectivity index (χ0) is 24.9. The lowest BCUT2D eigenvalue weighted by atomic mass is 10.1. The van der Waals surface area contributed by atoms with Crippen molar-refractivity contribution in [2.75, 3.05) is 12.4 Å². The van der Waals surface area contributed by atoms with Gasteiger partial charge in [0.05, 0.1) is 30.7 Å². The Balaban J connectivity index is 1.47. The van der Waals surface area contributed by atoms with Crippen molar-refractivity contribution in [3.63, 3.8) is 0 Å². The van der Waals surface area contributed by atoms with E-state index in [1.54, 1.807) is 30.0 Å². The van der Waals surface area contributed by atoms with E-state index in [1.807, 2.05) is 50.2 Å². The van der Waals surface area contributed by atoms with Crippen molar-refractivity contribution in [1.29, 1.82) is 0 Å². The van der Waals surface area contributed by atoms with Gasteiger partial charge in [0.2, 0.25) is 0 Å². The van der Waals surface area contributed by atoms with Crippen LogP contribution in [0.5, 0.6) is 11.5 Å². The summed E-state index contributed by atoms with van der Waals surface area (Å²) in [5.74, 6) is 0.626. The largest absolute Gasteiger partial charge is 0.493 e. The molecule has 0 saturated carbocycles. The van der Waals surface area contributed by atoms with Crippen LogP contribution in [0.15, 0.2) is 66.7 Å². The summed E-state index contributed by atoms with van der Waals surface area (Å²) in [7, 11) is 1.59. The summed E-state index contributed by atoms with van der Waals surface area (Å²) >= 11 is 6.17. The first kappa shape index (κ1) is 24.3. The van der Waals surface area contributed by atoms with Crippen molar-refractivity contribution in [2.45, 2.75) is 27.0 Å². The molecular weight excluding hydrogens is 469 g/mol. The number of aromatic nitrogens is 2. The van der Waals surface area contributed by atoms with Crippen LogP contribution < -0.4 is 14.8 Å². The molecule has 0 aliphatic heterocycles. The lowest BCUT2D eigenvalue weighted by Crippen LogP contribution is -2.14. The third-order valence-electron chi connectivity index (χ3n) is 5.61. The van der Waals surface area contributed by atoms with Gasteiger partial charge in [0, 0.05) is 10.6 Å². The molecule has 0 spiro atoms. The summed E-state index contributed by atoms with van der Waals surface area (Å²) < 4.78 is 26.3. The van der Waals surface area contributed by atoms with Gasteiger partial charge in [0.15, 0.2) is 11.5 Å². The Morgan fingerprint density at radius 3 is 2.57 bits per heavy atom. The van der Waals surface area contributed by atoms with E-state index in [4.69, 9.17) is 21.1 Å². The van der Waals surface area contributed by atoms with Crippen molar-refractivity contribution in [3.05, 3.63) is 106 Å². The van der Waals surface area contributed by atoms with E-state index in [1.165, 1.54) is 12.1 Å². The van der Waals surface area contributed by atoms with Gasteiger partial charge in [-0.25, -0.2) is 4.39 Å². The standard InChI is InChI=1S/C27H25ClFN3O3/c1-17-26(18(2)32(31-17)15-21-11-12-22(29)14-23(21)28)30-27(33)20-8-6-7-19(13-20)16-35-25-10-5-4-9-24(25)34-3/h4-14H,15-16H2,1-3H3,(H,30,33). The number of nitrogens with one attached hydrogen (secondary N) is 1. The first-order chi connectivity index (χ1) is 16.9. The molecule has 4 rings (SSSR count). The van der Waals surface area contributed by atoms with Crippen LogP contribution in [0.1, 0.15) is 32.9 Å². The molecule has 180 valence electrons. The van der Waals surface area contributed by atoms with Crippen LogP contribution in [0.2, 0.25) is 5.02 Å². The fraction of sp³-hybridized carbons (Fsp3) is 0.185. The van der Waals surface area contributed by atoms with Crippen molar-refractivity contribution < 1.29 is 18.7 Å². The van der Waals surface area contributed by atoms with Crippen LogP contribution in [-0.4, -0.2) is 22.8 Å². The second-order valence-electron chi connectivity index (χ2n) is 8.03. The van der Waals surface area contributed by atoms with E-state index >= 15 is 0 Å². The van der Waals surface area contributed by atoms with Gasteiger partial charge in [-0.05, 0) is 61.4 Å². The molecule has 0 aliphatic carbocycles. The third-order valence-corrected chi connectivity index (χ3v) is 5.96. The maximum absolute atomic E-state index is 13.4. The number of ether oxygens (including phenoxy) is 2. The number of methoxy groups -OCH3 is 1. The average molecular weight is 494 g/mol. The van der Waals surface area contributed by atoms with Crippen LogP contribution in [0.25, 0.3) is 0 Å². The van der Waals surface area contributed by atoms with Gasteiger partial charge < -0.3 is 14.8 Å². The van der Waals surface area contributed by atoms with Gasteiger partial charge in [-0.1, -0.05) is 41.9 Å². The Morgan fingerprint density at radius 2 is 1.83 bits per heavy atom. The highest BCUT2D eigenvalue weighted by Gasteiger charge is 2.17. The smallest absolute Gasteiger partial charge is 0.255 e. The number of carbonyl (C=O) groups is 1. The number of rotatable bonds is 8. The number of aryl methyl sites for hydroxylation is 1. The highest BCUT2D eigenvalue weighted by molar-refractivity contribution is 6.31. The van der Waals surface area contributed by atoms with Gasteiger partial charge in [-0.15, -0.1) is 0 Å². The first-order valence-corrected chi connectivity index (χ1v) is 11.4. The van der Waals surface area contributed by atoms with Gasteiger partial charge in [0.25, 0.3) is 5.91 Å². The molecule has 4 aromatic rings. The fourth-order valence-corrected chi connectivity index (χ4v) is 3.96. The van der Waals surface area contributed by atoms with E-state index < -0.39 is 5.82 Å². The predicted octanol–water partition coefficient (Wildman–Crippen LogP) is 6.18. The highest BCUT2D eigenvalue weighted by atomic mass is 35.5. The summed E-state index contributed by atoms with van der Waals surface area (Å²) in [4.78, 5) is 13.0. The second-order valence-corrected chi connectivity index (χ2v) is 8.44. The summed E-state index contributed by atoms with van der Waals surface area (Å²) in [6.07, 6.45) is 0. The summed E-state index contributed by atoms with van der Waals surface area (Å²) in [6.45, 7) is 4.33. The molecule has 1 aromatic heterocycles. The van der Waals surface area contributed by atoms with Gasteiger partial charge in [0.1, 0.15) is 12.4 Å². The monoisotopic (exact) mass is 493 g/mol. The lowest BCUT2D eigenvalue weighted by molar-refractivity contribution is 0.102. The van der Waals surface area contributed by atoms with E-state index in [0.717, 1.165) is 16.8 Å². The Kier molecular flexibility index (Phi) is 7.36. The van der Waals surface area contributed by atoms with Gasteiger partial charge >= 0.3 is 0 Å². The van der Waals surface area contributed by atoms with Crippen LogP contribution in [0.3, 0.4) is 0 Å². The maximum Gasteiger partial charge on any atom is 0.255 e. The fourth-order valence-electron chi connectivity index (χ4n) is 3.73. The summed E-state index contributed by atoms with van der Waals surface area (Å²) in [6, 6.07) is 18.9. The molecule has 0 radical (unpaired) electrons. The van der Waals surface area contributed by atoms with Crippen LogP contribution >= 0.6 is 11.6 Å². The zero-order valence-electron chi connectivity index (χ0n) is 19.6. The molecule has 1 N–H and O–H groups in total. The lowest BCUT2D eigenvalue weighted by Gasteiger charge is -2.11. The molecule has 0 bridgehead atoms. The number of benzene rings is 3. The Bertz CT molecular complexity index is 1370. The number of anilines is 1. The van der Waals surface area contributed by atoms with E-state index in [9.17, 15) is 9.18 Å². The van der Waals surface area contributed by atoms with Crippen molar-refractivity contribution >= 4 is 23.2 Å². The van der Waals surface area contributed by atoms with Gasteiger partial charge in [-0.2, -0.15) is 5.10 Å². The van der Waals surface area contributed by atoms with Crippen LogP contribution in [0, 0.1) is 19.7 Å². The molecule has 0 unspecified atom stereocenters. The number of para-hydroxylation sites is 2. The number of nitrogens with zero attached hydrogens (tertiary/aromatic N) is 2. The summed E-state index contributed by atoms with van der Waals surface area (Å²) in [5, 5.41) is 7.83. The minimum Gasteiger partial charge on any atom is -0.493 e. The predicted molar refractivity (Wildman–Crippen MR) is 134 cm³/mol. The Hall–Kier alpha value is -3.84. The second kappa shape index (κ2) is 10.6. The van der Waals surface area contributed by atoms with E-state index in [-0.39, 0.29) is 12.5 Å². The Morgan fingerprint density at radius 1 is 1.06 bits per heavy atom. The maximum atomic E-state index is 13.4. The molecule has 1 heterocycles. The molecule has 6 nitrogen and oxygen atoms in total. The van der Waals surface area contributed by atoms with Crippen molar-refractivity contribution in [2.24, 2.45) is 0 Å². The van der Waals surface area contributed by atoms with E-state index in [0.29, 0.717) is 40.0 Å². The Labute approximate surface area is 208 Å². The number of amides is 1. The molecule has 1 amide bonds. The average Bonchev–Trinajstić information content (AvgIpc) is 3.12. The first-order valence-electron chi connectivity index (χ1n) is 11.0. The number of carbonyl (C=O) groups excluding carboxylic acids is 1. The summed E-state index contributed by atoms with van der Waals surface area (Å²) in [5.41, 5.74) is 4.15. The number of halogens is 2. The molecule has 0 saturated heterocycles. The number of hydrogen-bond acceptors (Lipinski definition) is 4. The number of hydrogen-bond donors (Lipinski definition) is 1. The normalized spacial score (nSPS) is 10.8. The van der Waals surface area contributed by atoms with Crippen molar-refractivity contribution in [3.8, 4) is 11.5 Å². The van der Waals surface area contributed by atoms with Crippen LogP contribution in [-0.2, 0) is 13.2 Å². The molecule has 0 aliphatic rings. The molecule has 35 heavy (non-hydrogen) atoms. The minimum atomic E-state index is -0.393. The van der Waals surface area contributed by atoms with Gasteiger partial charge in [-0.3, -0.25) is 9.48 Å². The molecule has 0 atom stereocenters. The molecular formula is C27H25ClFN3O3. The SMILES string of the molecule is COc1ccccc1OCc1cccc(C(=O)Nc2c(C)nn(Cc3ccc(F)cc3Cl)c2C)c1. The third kappa shape index (κ3) is 5.63. The van der Waals surface area contributed by atoms with Crippen molar-refractivity contribution in [1.82, 2.24) is 9.78 Å².